The number of Topliss-reactive ketones (excluding diaryl/α,β-unsaturated/α-hetero) is 1. The molecule has 0 aliphatic carbocycles. The minimum atomic E-state index is -0.499. The van der Waals surface area contributed by atoms with E-state index < -0.39 is 5.92 Å². The molecule has 0 radical (unpaired) electrons. The van der Waals surface area contributed by atoms with E-state index in [1.165, 1.54) is 6.42 Å². The molecule has 0 aromatic carbocycles. The fourth-order valence-corrected chi connectivity index (χ4v) is 2.76. The molecule has 0 bridgehead atoms. The van der Waals surface area contributed by atoms with Gasteiger partial charge in [0.1, 0.15) is 0 Å². The van der Waals surface area contributed by atoms with Gasteiger partial charge < -0.3 is 5.32 Å². The Hall–Kier alpha value is -0.350. The molecule has 104 valence electrons. The summed E-state index contributed by atoms with van der Waals surface area (Å²) in [7, 11) is 0. The monoisotopic (exact) mass is 271 g/mol. The van der Waals surface area contributed by atoms with Crippen molar-refractivity contribution in [3.63, 3.8) is 0 Å². The van der Waals surface area contributed by atoms with Crippen LogP contribution in [0, 0.1) is 5.92 Å². The quantitative estimate of drug-likeness (QED) is 0.405. The van der Waals surface area contributed by atoms with Crippen molar-refractivity contribution in [3.05, 3.63) is 0 Å². The highest BCUT2D eigenvalue weighted by Gasteiger charge is 2.30. The molecule has 0 amide bonds. The first-order valence-corrected chi connectivity index (χ1v) is 7.61. The lowest BCUT2D eigenvalue weighted by atomic mass is 9.89. The number of hydrogen-bond donors (Lipinski definition) is 2. The molecule has 1 N–H and O–H groups in total. The molecule has 2 atom stereocenters. The van der Waals surface area contributed by atoms with Crippen LogP contribution in [0.3, 0.4) is 0 Å². The molecule has 1 rings (SSSR count). The average Bonchev–Trinajstić information content (AvgIpc) is 2.39. The zero-order valence-electron chi connectivity index (χ0n) is 11.3. The van der Waals surface area contributed by atoms with E-state index in [0.717, 1.165) is 45.1 Å². The Bertz CT molecular complexity index is 275. The number of piperidine rings is 1. The molecule has 1 saturated heterocycles. The molecule has 3 nitrogen and oxygen atoms in total. The van der Waals surface area contributed by atoms with Crippen LogP contribution >= 0.6 is 12.6 Å². The number of thiol groups is 1. The highest BCUT2D eigenvalue weighted by atomic mass is 32.1. The highest BCUT2D eigenvalue weighted by molar-refractivity contribution is 7.96. The zero-order valence-corrected chi connectivity index (χ0v) is 12.2. The molecule has 0 aromatic rings. The summed E-state index contributed by atoms with van der Waals surface area (Å²) >= 11 is 3.89. The van der Waals surface area contributed by atoms with E-state index in [1.54, 1.807) is 0 Å². The van der Waals surface area contributed by atoms with E-state index in [4.69, 9.17) is 0 Å². The van der Waals surface area contributed by atoms with E-state index in [1.807, 2.05) is 0 Å². The maximum absolute atomic E-state index is 12.3. The normalized spacial score (nSPS) is 21.6. The summed E-state index contributed by atoms with van der Waals surface area (Å²) in [6.45, 7) is 3.04. The topological polar surface area (TPSA) is 46.2 Å². The van der Waals surface area contributed by atoms with Gasteiger partial charge in [-0.05, 0) is 25.8 Å². The van der Waals surface area contributed by atoms with Crippen LogP contribution in [0.2, 0.25) is 0 Å². The van der Waals surface area contributed by atoms with E-state index in [-0.39, 0.29) is 16.9 Å². The third-order valence-corrected chi connectivity index (χ3v) is 3.95. The summed E-state index contributed by atoms with van der Waals surface area (Å²) in [5.74, 6) is -0.438. The standard InChI is InChI=1S/C14H25NO2S/c1-2-3-4-5-8-11(14(17)18)13(16)12-9-6-7-10-15-12/h11-12,15H,2-10H2,1H3,(H,17,18). The third-order valence-electron chi connectivity index (χ3n) is 3.64. The van der Waals surface area contributed by atoms with Crippen LogP contribution < -0.4 is 5.32 Å². The summed E-state index contributed by atoms with van der Waals surface area (Å²) < 4.78 is 0. The van der Waals surface area contributed by atoms with E-state index >= 15 is 0 Å². The molecule has 0 spiro atoms. The Balaban J connectivity index is 2.44. The Morgan fingerprint density at radius 3 is 2.61 bits per heavy atom. The fraction of sp³-hybridized carbons (Fsp3) is 0.857. The third kappa shape index (κ3) is 5.11. The van der Waals surface area contributed by atoms with Gasteiger partial charge in [-0.1, -0.05) is 39.0 Å². The smallest absolute Gasteiger partial charge is 0.196 e. The highest BCUT2D eigenvalue weighted by Crippen LogP contribution is 2.19. The van der Waals surface area contributed by atoms with Gasteiger partial charge in [-0.25, -0.2) is 0 Å². The van der Waals surface area contributed by atoms with Gasteiger partial charge in [0.25, 0.3) is 0 Å². The van der Waals surface area contributed by atoms with Crippen molar-refractivity contribution in [2.24, 2.45) is 5.92 Å². The lowest BCUT2D eigenvalue weighted by molar-refractivity contribution is -0.130. The summed E-state index contributed by atoms with van der Waals surface area (Å²) in [4.78, 5) is 23.8. The van der Waals surface area contributed by atoms with Gasteiger partial charge in [0, 0.05) is 0 Å². The molecule has 1 aliphatic heterocycles. The van der Waals surface area contributed by atoms with Crippen LogP contribution in [0.1, 0.15) is 58.3 Å². The van der Waals surface area contributed by atoms with Crippen molar-refractivity contribution in [1.82, 2.24) is 5.32 Å². The Morgan fingerprint density at radius 2 is 2.06 bits per heavy atom. The zero-order chi connectivity index (χ0) is 13.4. The summed E-state index contributed by atoms with van der Waals surface area (Å²) in [6.07, 6.45) is 8.11. The van der Waals surface area contributed by atoms with Gasteiger partial charge in [0.2, 0.25) is 0 Å². The van der Waals surface area contributed by atoms with Gasteiger partial charge in [-0.3, -0.25) is 9.59 Å². The molecule has 1 fully saturated rings. The molecular weight excluding hydrogens is 246 g/mol. The maximum atomic E-state index is 12.3. The largest absolute Gasteiger partial charge is 0.307 e. The average molecular weight is 271 g/mol. The second-order valence-electron chi connectivity index (χ2n) is 5.15. The summed E-state index contributed by atoms with van der Waals surface area (Å²) in [5.41, 5.74) is 0. The van der Waals surface area contributed by atoms with Gasteiger partial charge in [-0.2, -0.15) is 0 Å². The first-order valence-electron chi connectivity index (χ1n) is 7.16. The van der Waals surface area contributed by atoms with Crippen molar-refractivity contribution in [2.45, 2.75) is 64.3 Å². The van der Waals surface area contributed by atoms with Crippen LogP contribution in [0.5, 0.6) is 0 Å². The van der Waals surface area contributed by atoms with Crippen LogP contribution in [0.15, 0.2) is 0 Å². The first-order chi connectivity index (χ1) is 8.66. The number of carbonyl (C=O) groups excluding carboxylic acids is 2. The van der Waals surface area contributed by atoms with Gasteiger partial charge >= 0.3 is 0 Å². The van der Waals surface area contributed by atoms with Crippen LogP contribution in [0.25, 0.3) is 0 Å². The van der Waals surface area contributed by atoms with Crippen molar-refractivity contribution < 1.29 is 9.59 Å². The maximum Gasteiger partial charge on any atom is 0.196 e. The number of rotatable bonds is 8. The predicted octanol–water partition coefficient (Wildman–Crippen LogP) is 2.74. The number of nitrogens with one attached hydrogen (secondary N) is 1. The minimum absolute atomic E-state index is 0.0613. The molecule has 1 aliphatic rings. The second kappa shape index (κ2) is 8.70. The molecule has 18 heavy (non-hydrogen) atoms. The van der Waals surface area contributed by atoms with Crippen LogP contribution in [-0.2, 0) is 9.59 Å². The van der Waals surface area contributed by atoms with Crippen molar-refractivity contribution in [2.75, 3.05) is 6.54 Å². The Kier molecular flexibility index (Phi) is 7.59. The number of ketones is 1. The number of unbranched alkanes of at least 4 members (excludes halogenated alkanes) is 3. The van der Waals surface area contributed by atoms with Gasteiger partial charge in [0.15, 0.2) is 10.9 Å². The van der Waals surface area contributed by atoms with Crippen molar-refractivity contribution >= 4 is 23.5 Å². The van der Waals surface area contributed by atoms with Crippen molar-refractivity contribution in [1.29, 1.82) is 0 Å². The van der Waals surface area contributed by atoms with Crippen LogP contribution in [-0.4, -0.2) is 23.5 Å². The lowest BCUT2D eigenvalue weighted by Crippen LogP contribution is -2.44. The second-order valence-corrected chi connectivity index (χ2v) is 5.59. The molecule has 0 saturated carbocycles. The Morgan fingerprint density at radius 1 is 1.28 bits per heavy atom. The summed E-state index contributed by atoms with van der Waals surface area (Å²) in [5, 5.41) is 2.96. The molecule has 4 heteroatoms. The minimum Gasteiger partial charge on any atom is -0.307 e. The van der Waals surface area contributed by atoms with E-state index in [9.17, 15) is 9.59 Å². The Labute approximate surface area is 116 Å². The summed E-state index contributed by atoms with van der Waals surface area (Å²) in [6, 6.07) is -0.119. The fourth-order valence-electron chi connectivity index (χ4n) is 2.50. The van der Waals surface area contributed by atoms with E-state index in [0.29, 0.717) is 6.42 Å². The number of carbonyl (C=O) groups is 2. The van der Waals surface area contributed by atoms with Gasteiger partial charge in [0.05, 0.1) is 12.0 Å². The lowest BCUT2D eigenvalue weighted by Gasteiger charge is -2.25. The SMILES string of the molecule is CCCCCCC(C(=O)S)C(=O)C1CCCCN1. The molecule has 1 heterocycles. The van der Waals surface area contributed by atoms with Gasteiger partial charge in [-0.15, -0.1) is 12.6 Å². The van der Waals surface area contributed by atoms with Crippen molar-refractivity contribution in [3.8, 4) is 0 Å². The molecule has 0 aromatic heterocycles. The van der Waals surface area contributed by atoms with Crippen LogP contribution in [0.4, 0.5) is 0 Å². The predicted molar refractivity (Wildman–Crippen MR) is 76.9 cm³/mol. The van der Waals surface area contributed by atoms with E-state index in [2.05, 4.69) is 24.9 Å². The number of hydrogen-bond acceptors (Lipinski definition) is 3. The molecular formula is C14H25NO2S. The first kappa shape index (κ1) is 15.7. The molecule has 2 unspecified atom stereocenters.